The SMILES string of the molecule is Cc1c(F)cccc1C1C(c2cnc(-c3ccc(F)cc3)s2)C1(F)C(=O)NO. The molecule has 0 bridgehead atoms. The Balaban J connectivity index is 1.74. The minimum Gasteiger partial charge on any atom is -0.289 e. The number of carbonyl (C=O) groups excluding carboxylic acids is 1. The summed E-state index contributed by atoms with van der Waals surface area (Å²) in [5.41, 5.74) is 0.248. The lowest BCUT2D eigenvalue weighted by atomic mass is 10.0. The van der Waals surface area contributed by atoms with E-state index in [1.807, 2.05) is 0 Å². The molecule has 2 aromatic carbocycles. The number of halogens is 3. The van der Waals surface area contributed by atoms with E-state index >= 15 is 4.39 Å². The van der Waals surface area contributed by atoms with Crippen LogP contribution in [0.2, 0.25) is 0 Å². The monoisotopic (exact) mass is 404 g/mol. The lowest BCUT2D eigenvalue weighted by molar-refractivity contribution is -0.136. The van der Waals surface area contributed by atoms with Crippen LogP contribution in [0.4, 0.5) is 13.2 Å². The van der Waals surface area contributed by atoms with Crippen LogP contribution in [-0.2, 0) is 4.79 Å². The second kappa shape index (κ2) is 6.72. The molecule has 144 valence electrons. The van der Waals surface area contributed by atoms with Crippen molar-refractivity contribution in [1.29, 1.82) is 0 Å². The number of thiazole rings is 1. The maximum atomic E-state index is 15.6. The molecule has 3 aromatic rings. The fourth-order valence-electron chi connectivity index (χ4n) is 3.62. The third-order valence-electron chi connectivity index (χ3n) is 5.14. The van der Waals surface area contributed by atoms with Gasteiger partial charge in [0, 0.05) is 28.5 Å². The van der Waals surface area contributed by atoms with Crippen LogP contribution in [0.3, 0.4) is 0 Å². The van der Waals surface area contributed by atoms with Crippen LogP contribution in [0.15, 0.2) is 48.7 Å². The summed E-state index contributed by atoms with van der Waals surface area (Å²) < 4.78 is 42.7. The highest BCUT2D eigenvalue weighted by Gasteiger charge is 2.73. The van der Waals surface area contributed by atoms with E-state index in [0.717, 1.165) is 0 Å². The molecule has 1 heterocycles. The van der Waals surface area contributed by atoms with Gasteiger partial charge < -0.3 is 0 Å². The summed E-state index contributed by atoms with van der Waals surface area (Å²) in [4.78, 5) is 16.8. The van der Waals surface area contributed by atoms with Gasteiger partial charge in [-0.1, -0.05) is 12.1 Å². The van der Waals surface area contributed by atoms with Crippen LogP contribution in [0.25, 0.3) is 10.6 Å². The molecule has 1 amide bonds. The molecule has 0 radical (unpaired) electrons. The third-order valence-corrected chi connectivity index (χ3v) is 6.27. The molecule has 1 aromatic heterocycles. The zero-order valence-corrected chi connectivity index (χ0v) is 15.4. The van der Waals surface area contributed by atoms with Gasteiger partial charge in [-0.25, -0.2) is 23.6 Å². The number of benzene rings is 2. The Morgan fingerprint density at radius 3 is 2.57 bits per heavy atom. The fraction of sp³-hybridized carbons (Fsp3) is 0.200. The summed E-state index contributed by atoms with van der Waals surface area (Å²) in [6.07, 6.45) is 1.46. The highest BCUT2D eigenvalue weighted by Crippen LogP contribution is 2.67. The molecular weight excluding hydrogens is 389 g/mol. The summed E-state index contributed by atoms with van der Waals surface area (Å²) in [5.74, 6) is -3.91. The Kier molecular flexibility index (Phi) is 4.47. The quantitative estimate of drug-likeness (QED) is 0.498. The van der Waals surface area contributed by atoms with Crippen molar-refractivity contribution in [2.24, 2.45) is 0 Å². The number of amides is 1. The van der Waals surface area contributed by atoms with Gasteiger partial charge in [0.25, 0.3) is 5.91 Å². The number of nitrogens with one attached hydrogen (secondary N) is 1. The van der Waals surface area contributed by atoms with Crippen molar-refractivity contribution in [2.75, 3.05) is 0 Å². The van der Waals surface area contributed by atoms with E-state index in [1.165, 1.54) is 54.2 Å². The van der Waals surface area contributed by atoms with E-state index in [1.54, 1.807) is 18.2 Å². The largest absolute Gasteiger partial charge is 0.289 e. The van der Waals surface area contributed by atoms with Crippen molar-refractivity contribution < 1.29 is 23.2 Å². The normalized spacial score (nSPS) is 23.5. The molecule has 4 nitrogen and oxygen atoms in total. The average molecular weight is 404 g/mol. The number of hydrogen-bond acceptors (Lipinski definition) is 4. The molecule has 28 heavy (non-hydrogen) atoms. The van der Waals surface area contributed by atoms with E-state index in [0.29, 0.717) is 21.0 Å². The van der Waals surface area contributed by atoms with E-state index in [2.05, 4.69) is 4.98 Å². The molecule has 1 saturated carbocycles. The van der Waals surface area contributed by atoms with Crippen molar-refractivity contribution in [1.82, 2.24) is 10.5 Å². The number of nitrogens with zero attached hydrogens (tertiary/aromatic N) is 1. The molecule has 8 heteroatoms. The van der Waals surface area contributed by atoms with Gasteiger partial charge in [0.05, 0.1) is 0 Å². The smallest absolute Gasteiger partial charge is 0.282 e. The second-order valence-corrected chi connectivity index (χ2v) is 7.76. The molecule has 2 N–H and O–H groups in total. The maximum absolute atomic E-state index is 15.6. The highest BCUT2D eigenvalue weighted by atomic mass is 32.1. The van der Waals surface area contributed by atoms with Crippen molar-refractivity contribution in [2.45, 2.75) is 24.4 Å². The molecule has 0 aliphatic heterocycles. The minimum atomic E-state index is -2.42. The van der Waals surface area contributed by atoms with Crippen molar-refractivity contribution in [3.8, 4) is 10.6 Å². The minimum absolute atomic E-state index is 0.256. The Morgan fingerprint density at radius 2 is 1.89 bits per heavy atom. The van der Waals surface area contributed by atoms with Gasteiger partial charge in [-0.15, -0.1) is 11.3 Å². The Bertz CT molecular complexity index is 1050. The standard InChI is InChI=1S/C20H15F3N2O2S/c1-10-13(3-2-4-14(10)22)16-17(20(16,23)19(26)25-27)15-9-24-18(28-15)11-5-7-12(21)8-6-11/h2-9,16-17,27H,1H3,(H,25,26). The summed E-state index contributed by atoms with van der Waals surface area (Å²) in [6, 6.07) is 10.0. The second-order valence-electron chi connectivity index (χ2n) is 6.69. The molecule has 1 aliphatic rings. The predicted octanol–water partition coefficient (Wildman–Crippen LogP) is 4.49. The summed E-state index contributed by atoms with van der Waals surface area (Å²) >= 11 is 1.17. The molecule has 1 fully saturated rings. The summed E-state index contributed by atoms with van der Waals surface area (Å²) in [7, 11) is 0. The molecule has 4 rings (SSSR count). The van der Waals surface area contributed by atoms with E-state index in [-0.39, 0.29) is 11.4 Å². The predicted molar refractivity (Wildman–Crippen MR) is 97.9 cm³/mol. The zero-order chi connectivity index (χ0) is 20.1. The molecule has 3 unspecified atom stereocenters. The van der Waals surface area contributed by atoms with Crippen LogP contribution < -0.4 is 5.48 Å². The van der Waals surface area contributed by atoms with Gasteiger partial charge in [0.2, 0.25) is 5.67 Å². The van der Waals surface area contributed by atoms with E-state index in [9.17, 15) is 13.6 Å². The third kappa shape index (κ3) is 2.80. The molecular formula is C20H15F3N2O2S. The zero-order valence-electron chi connectivity index (χ0n) is 14.6. The Hall–Kier alpha value is -2.71. The van der Waals surface area contributed by atoms with Gasteiger partial charge in [0.15, 0.2) is 0 Å². The van der Waals surface area contributed by atoms with Crippen molar-refractivity contribution in [3.63, 3.8) is 0 Å². The number of alkyl halides is 1. The Labute approximate surface area is 162 Å². The summed E-state index contributed by atoms with van der Waals surface area (Å²) in [6.45, 7) is 1.52. The fourth-order valence-corrected chi connectivity index (χ4v) is 4.74. The first-order chi connectivity index (χ1) is 13.4. The van der Waals surface area contributed by atoms with Crippen molar-refractivity contribution in [3.05, 3.63) is 76.3 Å². The number of aromatic nitrogens is 1. The first-order valence-corrected chi connectivity index (χ1v) is 9.29. The lowest BCUT2D eigenvalue weighted by Crippen LogP contribution is -2.33. The first kappa shape index (κ1) is 18.6. The number of hydrogen-bond donors (Lipinski definition) is 2. The average Bonchev–Trinajstić information content (AvgIpc) is 3.06. The van der Waals surface area contributed by atoms with Gasteiger partial charge in [0.1, 0.15) is 16.6 Å². The maximum Gasteiger partial charge on any atom is 0.282 e. The molecule has 0 spiro atoms. The molecule has 1 aliphatic carbocycles. The lowest BCUT2D eigenvalue weighted by Gasteiger charge is -2.08. The van der Waals surface area contributed by atoms with Crippen molar-refractivity contribution >= 4 is 17.2 Å². The van der Waals surface area contributed by atoms with Gasteiger partial charge in [-0.2, -0.15) is 0 Å². The number of hydroxylamine groups is 1. The van der Waals surface area contributed by atoms with E-state index < -0.39 is 29.2 Å². The van der Waals surface area contributed by atoms with E-state index in [4.69, 9.17) is 5.21 Å². The van der Waals surface area contributed by atoms with Crippen LogP contribution >= 0.6 is 11.3 Å². The highest BCUT2D eigenvalue weighted by molar-refractivity contribution is 7.15. The van der Waals surface area contributed by atoms with Gasteiger partial charge >= 0.3 is 0 Å². The van der Waals surface area contributed by atoms with Gasteiger partial charge in [-0.05, 0) is 48.4 Å². The van der Waals surface area contributed by atoms with Crippen LogP contribution in [-0.4, -0.2) is 21.8 Å². The molecule has 0 saturated heterocycles. The topological polar surface area (TPSA) is 62.2 Å². The molecule has 3 atom stereocenters. The summed E-state index contributed by atoms with van der Waals surface area (Å²) in [5, 5.41) is 9.56. The number of rotatable bonds is 4. The number of carbonyl (C=O) groups is 1. The van der Waals surface area contributed by atoms with Crippen LogP contribution in [0, 0.1) is 18.6 Å². The van der Waals surface area contributed by atoms with Crippen LogP contribution in [0.1, 0.15) is 27.8 Å². The Morgan fingerprint density at radius 1 is 1.18 bits per heavy atom. The van der Waals surface area contributed by atoms with Gasteiger partial charge in [-0.3, -0.25) is 10.0 Å². The van der Waals surface area contributed by atoms with Crippen LogP contribution in [0.5, 0.6) is 0 Å². The first-order valence-electron chi connectivity index (χ1n) is 8.48.